The third-order valence-electron chi connectivity index (χ3n) is 4.29. The van der Waals surface area contributed by atoms with Crippen LogP contribution in [-0.4, -0.2) is 26.4 Å². The number of hydrogen-bond acceptors (Lipinski definition) is 5. The summed E-state index contributed by atoms with van der Waals surface area (Å²) in [5.74, 6) is 0.783. The first-order valence-electron chi connectivity index (χ1n) is 9.41. The van der Waals surface area contributed by atoms with Gasteiger partial charge < -0.3 is 14.6 Å². The Morgan fingerprint density at radius 3 is 2.67 bits per heavy atom. The first-order valence-corrected chi connectivity index (χ1v) is 10.8. The molecule has 0 radical (unpaired) electrons. The molecule has 1 heterocycles. The average molecular weight is 449 g/mol. The van der Waals surface area contributed by atoms with Crippen LogP contribution in [0.3, 0.4) is 0 Å². The van der Waals surface area contributed by atoms with Gasteiger partial charge >= 0.3 is 0 Å². The van der Waals surface area contributed by atoms with Crippen molar-refractivity contribution in [3.8, 4) is 5.75 Å². The summed E-state index contributed by atoms with van der Waals surface area (Å²) < 4.78 is 21.1. The molecule has 0 saturated heterocycles. The third kappa shape index (κ3) is 5.52. The van der Waals surface area contributed by atoms with Crippen molar-refractivity contribution in [3.63, 3.8) is 0 Å². The van der Waals surface area contributed by atoms with Gasteiger partial charge in [-0.2, -0.15) is 0 Å². The van der Waals surface area contributed by atoms with E-state index in [0.29, 0.717) is 23.2 Å². The molecule has 2 aromatic carbocycles. The van der Waals surface area contributed by atoms with E-state index in [1.807, 2.05) is 49.6 Å². The van der Waals surface area contributed by atoms with Gasteiger partial charge in [-0.3, -0.25) is 4.79 Å². The Balaban J connectivity index is 1.62. The van der Waals surface area contributed by atoms with Gasteiger partial charge in [0, 0.05) is 12.2 Å². The Bertz CT molecular complexity index is 1030. The minimum Gasteiger partial charge on any atom is -0.483 e. The van der Waals surface area contributed by atoms with Crippen LogP contribution in [0.15, 0.2) is 47.6 Å². The molecule has 1 atom stereocenters. The van der Waals surface area contributed by atoms with E-state index >= 15 is 0 Å². The zero-order valence-electron chi connectivity index (χ0n) is 16.9. The van der Waals surface area contributed by atoms with Gasteiger partial charge in [0.15, 0.2) is 17.1 Å². The van der Waals surface area contributed by atoms with Gasteiger partial charge in [0.25, 0.3) is 0 Å². The largest absolute Gasteiger partial charge is 0.483 e. The number of rotatable bonds is 8. The van der Waals surface area contributed by atoms with Crippen LogP contribution < -0.4 is 10.1 Å². The lowest BCUT2D eigenvalue weighted by atomic mass is 10.2. The van der Waals surface area contributed by atoms with Crippen molar-refractivity contribution in [1.29, 1.82) is 0 Å². The van der Waals surface area contributed by atoms with Gasteiger partial charge in [-0.05, 0) is 51.1 Å². The molecule has 0 aliphatic heterocycles. The summed E-state index contributed by atoms with van der Waals surface area (Å²) in [5.41, 5.74) is 1.59. The number of halogens is 2. The number of carbonyl (C=O) groups excluding carboxylic acids is 1. The Hall–Kier alpha value is -2.58. The summed E-state index contributed by atoms with van der Waals surface area (Å²) in [4.78, 5) is 12.2. The highest BCUT2D eigenvalue weighted by atomic mass is 35.5. The van der Waals surface area contributed by atoms with Crippen molar-refractivity contribution < 1.29 is 13.9 Å². The maximum absolute atomic E-state index is 13.2. The summed E-state index contributed by atoms with van der Waals surface area (Å²) in [7, 11) is 0. The Kier molecular flexibility index (Phi) is 7.33. The van der Waals surface area contributed by atoms with Crippen LogP contribution in [0.1, 0.15) is 31.3 Å². The Labute approximate surface area is 183 Å². The van der Waals surface area contributed by atoms with E-state index in [9.17, 15) is 9.18 Å². The molecule has 158 valence electrons. The number of amides is 1. The number of carbonyl (C=O) groups is 1. The fraction of sp³-hybridized carbons (Fsp3) is 0.286. The number of thioether (sulfide) groups is 1. The molecule has 6 nitrogen and oxygen atoms in total. The number of benzene rings is 2. The molecular formula is C21H22ClFN4O2S. The van der Waals surface area contributed by atoms with Crippen molar-refractivity contribution >= 4 is 35.0 Å². The lowest BCUT2D eigenvalue weighted by Gasteiger charge is -2.15. The number of anilines is 1. The third-order valence-corrected chi connectivity index (χ3v) is 5.55. The van der Waals surface area contributed by atoms with Crippen molar-refractivity contribution in [3.05, 3.63) is 64.7 Å². The summed E-state index contributed by atoms with van der Waals surface area (Å²) >= 11 is 7.01. The van der Waals surface area contributed by atoms with Gasteiger partial charge in [0.2, 0.25) is 5.91 Å². The van der Waals surface area contributed by atoms with Gasteiger partial charge in [-0.15, -0.1) is 10.2 Å². The first-order chi connectivity index (χ1) is 14.4. The van der Waals surface area contributed by atoms with E-state index in [1.54, 1.807) is 0 Å². The van der Waals surface area contributed by atoms with E-state index in [4.69, 9.17) is 16.3 Å². The summed E-state index contributed by atoms with van der Waals surface area (Å²) in [6.07, 6.45) is -0.301. The van der Waals surface area contributed by atoms with Crippen LogP contribution in [0.25, 0.3) is 0 Å². The molecule has 3 rings (SSSR count). The second-order valence-corrected chi connectivity index (χ2v) is 7.97. The maximum atomic E-state index is 13.2. The smallest absolute Gasteiger partial charge is 0.234 e. The monoisotopic (exact) mass is 448 g/mol. The molecule has 0 aliphatic rings. The minimum absolute atomic E-state index is 0.0432. The highest BCUT2D eigenvalue weighted by Gasteiger charge is 2.19. The zero-order chi connectivity index (χ0) is 21.7. The number of nitrogens with one attached hydrogen (secondary N) is 1. The van der Waals surface area contributed by atoms with Gasteiger partial charge in [0.1, 0.15) is 11.6 Å². The van der Waals surface area contributed by atoms with E-state index < -0.39 is 5.82 Å². The molecule has 0 fully saturated rings. The quantitative estimate of drug-likeness (QED) is 0.475. The second kappa shape index (κ2) is 9.95. The van der Waals surface area contributed by atoms with Crippen molar-refractivity contribution in [1.82, 2.24) is 14.8 Å². The van der Waals surface area contributed by atoms with Crippen LogP contribution in [0.5, 0.6) is 5.75 Å². The lowest BCUT2D eigenvalue weighted by molar-refractivity contribution is -0.113. The second-order valence-electron chi connectivity index (χ2n) is 6.62. The van der Waals surface area contributed by atoms with E-state index in [0.717, 1.165) is 11.3 Å². The number of aromatic nitrogens is 3. The Morgan fingerprint density at radius 1 is 1.27 bits per heavy atom. The molecule has 0 aliphatic carbocycles. The van der Waals surface area contributed by atoms with Crippen molar-refractivity contribution in [2.24, 2.45) is 0 Å². The summed E-state index contributed by atoms with van der Waals surface area (Å²) in [5, 5.41) is 11.7. The number of hydrogen-bond donors (Lipinski definition) is 1. The minimum atomic E-state index is -0.533. The molecule has 1 unspecified atom stereocenters. The molecule has 30 heavy (non-hydrogen) atoms. The SMILES string of the molecule is CCn1c(SCC(=O)Nc2ccc(F)c(Cl)c2)nnc1C(C)Oc1ccc(C)cc1. The molecule has 0 spiro atoms. The van der Waals surface area contributed by atoms with E-state index in [1.165, 1.54) is 30.0 Å². The standard InChI is InChI=1S/C21H22ClFN4O2S/c1-4-27-20(14(3)29-16-8-5-13(2)6-9-16)25-26-21(27)30-12-19(28)24-15-7-10-18(23)17(22)11-15/h5-11,14H,4,12H2,1-3H3,(H,24,28). The van der Waals surface area contributed by atoms with Crippen molar-refractivity contribution in [2.75, 3.05) is 11.1 Å². The van der Waals surface area contributed by atoms with Gasteiger partial charge in [0.05, 0.1) is 10.8 Å². The van der Waals surface area contributed by atoms with Crippen LogP contribution in [0, 0.1) is 12.7 Å². The normalized spacial score (nSPS) is 11.9. The molecule has 3 aromatic rings. The zero-order valence-corrected chi connectivity index (χ0v) is 18.4. The molecule has 1 N–H and O–H groups in total. The molecule has 0 bridgehead atoms. The maximum Gasteiger partial charge on any atom is 0.234 e. The summed E-state index contributed by atoms with van der Waals surface area (Å²) in [6, 6.07) is 11.8. The molecule has 0 saturated carbocycles. The predicted octanol–water partition coefficient (Wildman–Crippen LogP) is 5.27. The van der Waals surface area contributed by atoms with Crippen LogP contribution in [0.4, 0.5) is 10.1 Å². The highest BCUT2D eigenvalue weighted by Crippen LogP contribution is 2.25. The number of nitrogens with zero attached hydrogens (tertiary/aromatic N) is 3. The predicted molar refractivity (Wildman–Crippen MR) is 117 cm³/mol. The van der Waals surface area contributed by atoms with Gasteiger partial charge in [-0.25, -0.2) is 4.39 Å². The molecule has 9 heteroatoms. The van der Waals surface area contributed by atoms with Crippen LogP contribution >= 0.6 is 23.4 Å². The van der Waals surface area contributed by atoms with Gasteiger partial charge in [-0.1, -0.05) is 41.1 Å². The Morgan fingerprint density at radius 2 is 2.00 bits per heavy atom. The molecule has 1 aromatic heterocycles. The number of aryl methyl sites for hydroxylation is 1. The fourth-order valence-electron chi connectivity index (χ4n) is 2.78. The highest BCUT2D eigenvalue weighted by molar-refractivity contribution is 7.99. The average Bonchev–Trinajstić information content (AvgIpc) is 3.14. The molecular weight excluding hydrogens is 427 g/mol. The van der Waals surface area contributed by atoms with E-state index in [2.05, 4.69) is 15.5 Å². The lowest BCUT2D eigenvalue weighted by Crippen LogP contribution is -2.15. The van der Waals surface area contributed by atoms with Crippen molar-refractivity contribution in [2.45, 2.75) is 38.6 Å². The first kappa shape index (κ1) is 22.1. The molecule has 1 amide bonds. The van der Waals surface area contributed by atoms with E-state index in [-0.39, 0.29) is 22.8 Å². The number of ether oxygens (including phenoxy) is 1. The van der Waals surface area contributed by atoms with Crippen LogP contribution in [-0.2, 0) is 11.3 Å². The van der Waals surface area contributed by atoms with Crippen LogP contribution in [0.2, 0.25) is 5.02 Å². The topological polar surface area (TPSA) is 69.0 Å². The fourth-order valence-corrected chi connectivity index (χ4v) is 3.77. The summed E-state index contributed by atoms with van der Waals surface area (Å²) in [6.45, 7) is 6.55.